The van der Waals surface area contributed by atoms with Gasteiger partial charge in [0.15, 0.2) is 0 Å². The highest BCUT2D eigenvalue weighted by molar-refractivity contribution is 6.12. The van der Waals surface area contributed by atoms with Gasteiger partial charge in [-0.15, -0.1) is 0 Å². The number of nitrogens with zero attached hydrogens (tertiary/aromatic N) is 3. The van der Waals surface area contributed by atoms with E-state index in [4.69, 9.17) is 0 Å². The summed E-state index contributed by atoms with van der Waals surface area (Å²) in [6.07, 6.45) is 13.9. The molecule has 4 aliphatic rings. The molecule has 0 aromatic heterocycles. The predicted octanol–water partition coefficient (Wildman–Crippen LogP) is 2.68. The lowest BCUT2D eigenvalue weighted by atomic mass is 9.88. The standard InChI is InChI=1S/C23H32N4O3/c1-16-8-7-13-27-21(16)25-19(28)14-23(27,2)22(30)26(18-11-5-6-12-18)15-20(29)24-17-9-3-4-10-17/h7-8,13,17-18H,3-6,9-12,14-15H2,1-2H3,(H,24,29)/t23-/m0/s1. The number of fused-ring (bicyclic) bond motifs is 1. The van der Waals surface area contributed by atoms with Crippen molar-refractivity contribution in [3.8, 4) is 0 Å². The number of carbonyl (C=O) groups excluding carboxylic acids is 3. The average Bonchev–Trinajstić information content (AvgIpc) is 3.40. The number of hydrogen-bond donors (Lipinski definition) is 1. The number of allylic oxidation sites excluding steroid dienone is 2. The maximum atomic E-state index is 13.9. The third-order valence-electron chi connectivity index (χ3n) is 6.94. The van der Waals surface area contributed by atoms with Crippen molar-refractivity contribution in [3.05, 3.63) is 23.9 Å². The van der Waals surface area contributed by atoms with Crippen LogP contribution in [0.4, 0.5) is 0 Å². The molecular formula is C23H32N4O3. The molecule has 0 spiro atoms. The fraction of sp³-hybridized carbons (Fsp3) is 0.652. The lowest BCUT2D eigenvalue weighted by molar-refractivity contribution is -0.148. The van der Waals surface area contributed by atoms with Crippen LogP contribution in [-0.4, -0.2) is 57.5 Å². The molecular weight excluding hydrogens is 380 g/mol. The van der Waals surface area contributed by atoms with Gasteiger partial charge in [0.1, 0.15) is 11.4 Å². The molecule has 2 aliphatic heterocycles. The Hall–Kier alpha value is -2.44. The Labute approximate surface area is 178 Å². The second kappa shape index (κ2) is 8.36. The van der Waals surface area contributed by atoms with Crippen LogP contribution in [0.5, 0.6) is 0 Å². The maximum absolute atomic E-state index is 13.9. The minimum Gasteiger partial charge on any atom is -0.352 e. The number of nitrogens with one attached hydrogen (secondary N) is 1. The number of amides is 3. The van der Waals surface area contributed by atoms with Crippen LogP contribution >= 0.6 is 0 Å². The van der Waals surface area contributed by atoms with Crippen LogP contribution in [0.15, 0.2) is 28.9 Å². The fourth-order valence-corrected chi connectivity index (χ4v) is 5.26. The topological polar surface area (TPSA) is 82.1 Å². The van der Waals surface area contributed by atoms with Crippen LogP contribution in [-0.2, 0) is 14.4 Å². The van der Waals surface area contributed by atoms with Gasteiger partial charge >= 0.3 is 0 Å². The van der Waals surface area contributed by atoms with E-state index in [0.29, 0.717) is 5.84 Å². The zero-order chi connectivity index (χ0) is 21.3. The van der Waals surface area contributed by atoms with Crippen LogP contribution in [0.3, 0.4) is 0 Å². The van der Waals surface area contributed by atoms with Crippen LogP contribution in [0.25, 0.3) is 0 Å². The van der Waals surface area contributed by atoms with Gasteiger partial charge in [-0.2, -0.15) is 4.99 Å². The van der Waals surface area contributed by atoms with Gasteiger partial charge in [0.25, 0.3) is 5.91 Å². The molecule has 1 N–H and O–H groups in total. The second-order valence-electron chi connectivity index (χ2n) is 9.26. The van der Waals surface area contributed by atoms with Gasteiger partial charge in [0.05, 0.1) is 13.0 Å². The summed E-state index contributed by atoms with van der Waals surface area (Å²) >= 11 is 0. The average molecular weight is 413 g/mol. The Balaban J connectivity index is 1.58. The van der Waals surface area contributed by atoms with Crippen LogP contribution in [0.2, 0.25) is 0 Å². The minimum absolute atomic E-state index is 0.0143. The molecule has 162 valence electrons. The highest BCUT2D eigenvalue weighted by Crippen LogP contribution is 2.34. The SMILES string of the molecule is CC1=CC=CN2C1=NC(=O)C[C@@]2(C)C(=O)N(CC(=O)NC1CCCC1)C1CCCC1. The molecule has 0 aromatic carbocycles. The van der Waals surface area contributed by atoms with E-state index in [1.54, 1.807) is 4.90 Å². The van der Waals surface area contributed by atoms with Gasteiger partial charge in [-0.25, -0.2) is 0 Å². The Morgan fingerprint density at radius 2 is 1.87 bits per heavy atom. The van der Waals surface area contributed by atoms with Gasteiger partial charge in [-0.3, -0.25) is 14.4 Å². The summed E-state index contributed by atoms with van der Waals surface area (Å²) in [6, 6.07) is 0.271. The molecule has 4 rings (SSSR count). The van der Waals surface area contributed by atoms with E-state index in [0.717, 1.165) is 56.9 Å². The van der Waals surface area contributed by atoms with Crippen molar-refractivity contribution in [2.24, 2.45) is 4.99 Å². The largest absolute Gasteiger partial charge is 0.352 e. The zero-order valence-electron chi connectivity index (χ0n) is 18.0. The molecule has 7 heteroatoms. The predicted molar refractivity (Wildman–Crippen MR) is 115 cm³/mol. The first-order valence-electron chi connectivity index (χ1n) is 11.3. The smallest absolute Gasteiger partial charge is 0.250 e. The quantitative estimate of drug-likeness (QED) is 0.753. The van der Waals surface area contributed by atoms with Crippen molar-refractivity contribution >= 4 is 23.6 Å². The first kappa shape index (κ1) is 20.8. The first-order chi connectivity index (χ1) is 14.4. The number of hydrogen-bond acceptors (Lipinski definition) is 4. The van der Waals surface area contributed by atoms with Crippen LogP contribution in [0.1, 0.15) is 71.6 Å². The molecule has 3 amide bonds. The van der Waals surface area contributed by atoms with Crippen molar-refractivity contribution in [1.29, 1.82) is 0 Å². The lowest BCUT2D eigenvalue weighted by Gasteiger charge is -2.46. The minimum atomic E-state index is -1.07. The lowest BCUT2D eigenvalue weighted by Crippen LogP contribution is -2.63. The first-order valence-corrected chi connectivity index (χ1v) is 11.3. The monoisotopic (exact) mass is 412 g/mol. The van der Waals surface area contributed by atoms with Crippen molar-refractivity contribution in [2.45, 2.75) is 89.3 Å². The van der Waals surface area contributed by atoms with Gasteiger partial charge in [-0.1, -0.05) is 31.8 Å². The van der Waals surface area contributed by atoms with Crippen molar-refractivity contribution in [2.75, 3.05) is 6.54 Å². The van der Waals surface area contributed by atoms with E-state index in [1.807, 2.05) is 37.1 Å². The molecule has 7 nitrogen and oxygen atoms in total. The second-order valence-corrected chi connectivity index (χ2v) is 9.26. The Kier molecular flexibility index (Phi) is 5.80. The van der Waals surface area contributed by atoms with Gasteiger partial charge in [-0.05, 0) is 51.2 Å². The van der Waals surface area contributed by atoms with E-state index < -0.39 is 5.54 Å². The van der Waals surface area contributed by atoms with Gasteiger partial charge in [0, 0.05) is 18.3 Å². The molecule has 1 atom stereocenters. The van der Waals surface area contributed by atoms with E-state index in [9.17, 15) is 14.4 Å². The number of aliphatic imine (C=N–C) groups is 1. The number of amidine groups is 1. The molecule has 0 unspecified atom stereocenters. The third kappa shape index (κ3) is 3.94. The Bertz CT molecular complexity index is 818. The molecule has 2 aliphatic carbocycles. The van der Waals surface area contributed by atoms with E-state index >= 15 is 0 Å². The van der Waals surface area contributed by atoms with Crippen LogP contribution < -0.4 is 5.32 Å². The summed E-state index contributed by atoms with van der Waals surface area (Å²) in [6.45, 7) is 3.76. The maximum Gasteiger partial charge on any atom is 0.250 e. The summed E-state index contributed by atoms with van der Waals surface area (Å²) in [4.78, 5) is 47.0. The molecule has 0 bridgehead atoms. The molecule has 2 saturated carbocycles. The highest BCUT2D eigenvalue weighted by Gasteiger charge is 2.49. The molecule has 2 heterocycles. The molecule has 0 saturated heterocycles. The summed E-state index contributed by atoms with van der Waals surface area (Å²) in [5.41, 5.74) is -0.216. The van der Waals surface area contributed by atoms with Gasteiger partial charge in [0.2, 0.25) is 11.8 Å². The number of carbonyl (C=O) groups is 3. The van der Waals surface area contributed by atoms with E-state index in [1.165, 1.54) is 0 Å². The molecule has 0 radical (unpaired) electrons. The van der Waals surface area contributed by atoms with E-state index in [-0.39, 0.29) is 42.8 Å². The third-order valence-corrected chi connectivity index (χ3v) is 6.94. The summed E-state index contributed by atoms with van der Waals surface area (Å²) in [5.74, 6) is -0.00332. The molecule has 0 aromatic rings. The summed E-state index contributed by atoms with van der Waals surface area (Å²) in [5, 5.41) is 3.12. The fourth-order valence-electron chi connectivity index (χ4n) is 5.26. The normalized spacial score (nSPS) is 27.0. The summed E-state index contributed by atoms with van der Waals surface area (Å²) < 4.78 is 0. The highest BCUT2D eigenvalue weighted by atomic mass is 16.2. The number of rotatable bonds is 5. The summed E-state index contributed by atoms with van der Waals surface area (Å²) in [7, 11) is 0. The van der Waals surface area contributed by atoms with Gasteiger partial charge < -0.3 is 15.1 Å². The molecule has 30 heavy (non-hydrogen) atoms. The Morgan fingerprint density at radius 3 is 2.57 bits per heavy atom. The van der Waals surface area contributed by atoms with Crippen molar-refractivity contribution in [1.82, 2.24) is 15.1 Å². The Morgan fingerprint density at radius 1 is 1.20 bits per heavy atom. The van der Waals surface area contributed by atoms with Crippen molar-refractivity contribution < 1.29 is 14.4 Å². The zero-order valence-corrected chi connectivity index (χ0v) is 18.0. The van der Waals surface area contributed by atoms with E-state index in [2.05, 4.69) is 10.3 Å². The molecule has 2 fully saturated rings. The van der Waals surface area contributed by atoms with Crippen LogP contribution in [0, 0.1) is 0 Å². The van der Waals surface area contributed by atoms with Crippen molar-refractivity contribution in [3.63, 3.8) is 0 Å².